The van der Waals surface area contributed by atoms with Crippen molar-refractivity contribution < 1.29 is 8.42 Å². The summed E-state index contributed by atoms with van der Waals surface area (Å²) in [5.41, 5.74) is 2.14. The first-order valence-electron chi connectivity index (χ1n) is 6.29. The second kappa shape index (κ2) is 6.85. The summed E-state index contributed by atoms with van der Waals surface area (Å²) in [5, 5.41) is 3.23. The second-order valence-electron chi connectivity index (χ2n) is 4.40. The molecule has 0 aliphatic rings. The van der Waals surface area contributed by atoms with E-state index >= 15 is 0 Å². The van der Waals surface area contributed by atoms with E-state index in [-0.39, 0.29) is 17.5 Å². The second-order valence-corrected chi connectivity index (χ2v) is 6.87. The third kappa shape index (κ3) is 4.38. The molecular formula is C13H22N2O2S. The summed E-state index contributed by atoms with van der Waals surface area (Å²) in [4.78, 5) is 4.26. The number of sulfone groups is 1. The van der Waals surface area contributed by atoms with Gasteiger partial charge in [-0.2, -0.15) is 0 Å². The van der Waals surface area contributed by atoms with E-state index in [9.17, 15) is 8.42 Å². The summed E-state index contributed by atoms with van der Waals surface area (Å²) in [5.74, 6) is 0.490. The molecule has 1 rings (SSSR count). The van der Waals surface area contributed by atoms with Gasteiger partial charge < -0.3 is 5.32 Å². The number of hydrogen-bond acceptors (Lipinski definition) is 4. The number of pyridine rings is 1. The highest BCUT2D eigenvalue weighted by atomic mass is 32.2. The molecule has 1 aromatic heterocycles. The average molecular weight is 270 g/mol. The number of aryl methyl sites for hydroxylation is 1. The molecule has 0 bridgehead atoms. The van der Waals surface area contributed by atoms with Crippen LogP contribution in [0.3, 0.4) is 0 Å². The zero-order valence-electron chi connectivity index (χ0n) is 11.3. The molecule has 18 heavy (non-hydrogen) atoms. The van der Waals surface area contributed by atoms with Gasteiger partial charge in [-0.05, 0) is 38.4 Å². The SMILES string of the molecule is CCS(=O)(=O)CCCC(NC)c1cccnc1C. The number of rotatable bonds is 7. The Labute approximate surface area is 110 Å². The molecule has 0 aromatic carbocycles. The highest BCUT2D eigenvalue weighted by Gasteiger charge is 2.14. The summed E-state index contributed by atoms with van der Waals surface area (Å²) >= 11 is 0. The molecule has 1 atom stereocenters. The van der Waals surface area contributed by atoms with Gasteiger partial charge in [-0.3, -0.25) is 4.98 Å². The number of nitrogens with zero attached hydrogens (tertiary/aromatic N) is 1. The van der Waals surface area contributed by atoms with Crippen molar-refractivity contribution in [1.82, 2.24) is 10.3 Å². The predicted molar refractivity (Wildman–Crippen MR) is 74.3 cm³/mol. The maximum Gasteiger partial charge on any atom is 0.150 e. The van der Waals surface area contributed by atoms with E-state index in [0.717, 1.165) is 17.7 Å². The molecule has 102 valence electrons. The molecule has 0 saturated heterocycles. The first-order valence-corrected chi connectivity index (χ1v) is 8.11. The summed E-state index contributed by atoms with van der Waals surface area (Å²) in [6, 6.07) is 4.12. The summed E-state index contributed by atoms with van der Waals surface area (Å²) in [6.45, 7) is 3.67. The van der Waals surface area contributed by atoms with Gasteiger partial charge in [0.25, 0.3) is 0 Å². The Balaban J connectivity index is 2.61. The van der Waals surface area contributed by atoms with Crippen LogP contribution in [-0.2, 0) is 9.84 Å². The highest BCUT2D eigenvalue weighted by molar-refractivity contribution is 7.91. The van der Waals surface area contributed by atoms with Gasteiger partial charge in [-0.15, -0.1) is 0 Å². The van der Waals surface area contributed by atoms with Crippen molar-refractivity contribution in [3.8, 4) is 0 Å². The fourth-order valence-electron chi connectivity index (χ4n) is 1.97. The summed E-state index contributed by atoms with van der Waals surface area (Å²) in [7, 11) is -0.965. The fraction of sp³-hybridized carbons (Fsp3) is 0.615. The molecule has 0 radical (unpaired) electrons. The van der Waals surface area contributed by atoms with Crippen molar-refractivity contribution in [2.45, 2.75) is 32.7 Å². The zero-order chi connectivity index (χ0) is 13.6. The Morgan fingerprint density at radius 3 is 2.72 bits per heavy atom. The number of aromatic nitrogens is 1. The first-order chi connectivity index (χ1) is 8.50. The lowest BCUT2D eigenvalue weighted by molar-refractivity contribution is 0.531. The maximum atomic E-state index is 11.4. The molecule has 4 nitrogen and oxygen atoms in total. The molecule has 0 fully saturated rings. The van der Waals surface area contributed by atoms with E-state index in [1.54, 1.807) is 13.1 Å². The smallest absolute Gasteiger partial charge is 0.150 e. The van der Waals surface area contributed by atoms with Crippen molar-refractivity contribution in [1.29, 1.82) is 0 Å². The lowest BCUT2D eigenvalue weighted by atomic mass is 10.0. The molecule has 1 heterocycles. The molecule has 1 unspecified atom stereocenters. The number of nitrogens with one attached hydrogen (secondary N) is 1. The van der Waals surface area contributed by atoms with Gasteiger partial charge in [0.05, 0.1) is 5.75 Å². The van der Waals surface area contributed by atoms with Crippen molar-refractivity contribution in [3.63, 3.8) is 0 Å². The molecule has 5 heteroatoms. The minimum atomic E-state index is -2.86. The van der Waals surface area contributed by atoms with Gasteiger partial charge in [0.1, 0.15) is 9.84 Å². The van der Waals surface area contributed by atoms with E-state index in [1.165, 1.54) is 0 Å². The van der Waals surface area contributed by atoms with Crippen LogP contribution in [0.4, 0.5) is 0 Å². The van der Waals surface area contributed by atoms with Gasteiger partial charge in [0.2, 0.25) is 0 Å². The van der Waals surface area contributed by atoms with Crippen molar-refractivity contribution >= 4 is 9.84 Å². The van der Waals surface area contributed by atoms with Gasteiger partial charge in [-0.25, -0.2) is 8.42 Å². The monoisotopic (exact) mass is 270 g/mol. The Kier molecular flexibility index (Phi) is 5.75. The van der Waals surface area contributed by atoms with Crippen LogP contribution in [0.2, 0.25) is 0 Å². The minimum Gasteiger partial charge on any atom is -0.313 e. The van der Waals surface area contributed by atoms with Crippen LogP contribution >= 0.6 is 0 Å². The molecule has 0 aliphatic heterocycles. The molecule has 0 saturated carbocycles. The normalized spacial score (nSPS) is 13.5. The van der Waals surface area contributed by atoms with Crippen LogP contribution in [0.25, 0.3) is 0 Å². The van der Waals surface area contributed by atoms with E-state index in [2.05, 4.69) is 10.3 Å². The topological polar surface area (TPSA) is 59.1 Å². The van der Waals surface area contributed by atoms with Gasteiger partial charge >= 0.3 is 0 Å². The molecule has 1 aromatic rings. The summed E-state index contributed by atoms with van der Waals surface area (Å²) < 4.78 is 22.9. The standard InChI is InChI=1S/C13H22N2O2S/c1-4-18(16,17)10-6-8-13(14-3)12-7-5-9-15-11(12)2/h5,7,9,13-14H,4,6,8,10H2,1-3H3. The maximum absolute atomic E-state index is 11.4. The van der Waals surface area contributed by atoms with Crippen LogP contribution in [0.5, 0.6) is 0 Å². The van der Waals surface area contributed by atoms with Crippen LogP contribution in [0.15, 0.2) is 18.3 Å². The quantitative estimate of drug-likeness (QED) is 0.821. The van der Waals surface area contributed by atoms with Crippen molar-refractivity contribution in [2.24, 2.45) is 0 Å². The molecule has 0 spiro atoms. The zero-order valence-corrected chi connectivity index (χ0v) is 12.1. The third-order valence-electron chi connectivity index (χ3n) is 3.16. The van der Waals surface area contributed by atoms with Crippen LogP contribution in [-0.4, -0.2) is 32.0 Å². The van der Waals surface area contributed by atoms with Gasteiger partial charge in [0, 0.05) is 23.7 Å². The van der Waals surface area contributed by atoms with Gasteiger partial charge in [0.15, 0.2) is 0 Å². The highest BCUT2D eigenvalue weighted by Crippen LogP contribution is 2.20. The molecule has 0 amide bonds. The van der Waals surface area contributed by atoms with Crippen LogP contribution in [0, 0.1) is 6.92 Å². The van der Waals surface area contributed by atoms with Crippen LogP contribution < -0.4 is 5.32 Å². The van der Waals surface area contributed by atoms with E-state index < -0.39 is 9.84 Å². The predicted octanol–water partition coefficient (Wildman–Crippen LogP) is 1.87. The Morgan fingerprint density at radius 2 is 2.17 bits per heavy atom. The Morgan fingerprint density at radius 1 is 1.44 bits per heavy atom. The lowest BCUT2D eigenvalue weighted by Crippen LogP contribution is -2.19. The van der Waals surface area contributed by atoms with Crippen molar-refractivity contribution in [3.05, 3.63) is 29.6 Å². The minimum absolute atomic E-state index is 0.172. The Bertz CT molecular complexity index is 472. The summed E-state index contributed by atoms with van der Waals surface area (Å²) in [6.07, 6.45) is 3.26. The van der Waals surface area contributed by atoms with E-state index in [4.69, 9.17) is 0 Å². The first kappa shape index (κ1) is 15.1. The van der Waals surface area contributed by atoms with E-state index in [1.807, 2.05) is 26.1 Å². The molecule has 0 aliphatic carbocycles. The molecular weight excluding hydrogens is 248 g/mol. The van der Waals surface area contributed by atoms with E-state index in [0.29, 0.717) is 6.42 Å². The number of hydrogen-bond donors (Lipinski definition) is 1. The third-order valence-corrected chi connectivity index (χ3v) is 4.95. The lowest BCUT2D eigenvalue weighted by Gasteiger charge is -2.18. The largest absolute Gasteiger partial charge is 0.313 e. The van der Waals surface area contributed by atoms with Crippen molar-refractivity contribution in [2.75, 3.05) is 18.6 Å². The fourth-order valence-corrected chi connectivity index (χ4v) is 2.87. The molecule has 1 N–H and O–H groups in total. The van der Waals surface area contributed by atoms with Crippen LogP contribution in [0.1, 0.15) is 37.1 Å². The Hall–Kier alpha value is -0.940. The van der Waals surface area contributed by atoms with Gasteiger partial charge in [-0.1, -0.05) is 13.0 Å². The average Bonchev–Trinajstić information content (AvgIpc) is 2.36.